The van der Waals surface area contributed by atoms with Crippen LogP contribution in [0.4, 0.5) is 11.4 Å². The number of nitrogens with two attached hydrogens (primary N) is 1. The maximum absolute atomic E-state index is 13.5. The highest BCUT2D eigenvalue weighted by molar-refractivity contribution is 6.56. The maximum Gasteiger partial charge on any atom is 0.256 e. The van der Waals surface area contributed by atoms with Crippen LogP contribution in [-0.4, -0.2) is 45.2 Å². The molecular formula is C33H34B3ClN8O. The third kappa shape index (κ3) is 5.94. The van der Waals surface area contributed by atoms with Crippen LogP contribution >= 0.6 is 11.6 Å². The Balaban J connectivity index is 1.49. The quantitative estimate of drug-likeness (QED) is 0.101. The summed E-state index contributed by atoms with van der Waals surface area (Å²) in [4.78, 5) is 18.0. The van der Waals surface area contributed by atoms with Crippen LogP contribution < -0.4 is 32.8 Å². The highest BCUT2D eigenvalue weighted by atomic mass is 35.5. The number of nitriles is 1. The van der Waals surface area contributed by atoms with Gasteiger partial charge in [-0.05, 0) is 65.8 Å². The molecule has 3 saturated carbocycles. The molecule has 46 heavy (non-hydrogen) atoms. The highest BCUT2D eigenvalue weighted by Gasteiger charge is 2.56. The number of pyridine rings is 2. The van der Waals surface area contributed by atoms with Crippen LogP contribution in [0, 0.1) is 22.7 Å². The van der Waals surface area contributed by atoms with E-state index in [2.05, 4.69) is 53.2 Å². The van der Waals surface area contributed by atoms with Gasteiger partial charge in [0.2, 0.25) is 0 Å². The topological polar surface area (TPSA) is 133 Å². The number of benzene rings is 2. The smallest absolute Gasteiger partial charge is 0.256 e. The lowest BCUT2D eigenvalue weighted by Crippen LogP contribution is -2.65. The summed E-state index contributed by atoms with van der Waals surface area (Å²) in [6, 6.07) is 12.6. The summed E-state index contributed by atoms with van der Waals surface area (Å²) >= 11 is 6.83. The molecule has 2 aromatic carbocycles. The Labute approximate surface area is 277 Å². The van der Waals surface area contributed by atoms with Gasteiger partial charge in [0.05, 0.1) is 57.1 Å². The third-order valence-electron chi connectivity index (χ3n) is 8.91. The van der Waals surface area contributed by atoms with Crippen LogP contribution in [-0.2, 0) is 5.24 Å². The second kappa shape index (κ2) is 11.6. The molecule has 13 heteroatoms. The Bertz CT molecular complexity index is 1960. The lowest BCUT2D eigenvalue weighted by molar-refractivity contribution is -0.0402. The molecular weight excluding hydrogens is 592 g/mol. The first-order valence-electron chi connectivity index (χ1n) is 15.2. The number of anilines is 2. The molecule has 0 saturated heterocycles. The Kier molecular flexibility index (Phi) is 8.06. The van der Waals surface area contributed by atoms with Gasteiger partial charge in [0.25, 0.3) is 5.56 Å². The van der Waals surface area contributed by atoms with E-state index in [1.165, 1.54) is 12.4 Å². The number of hydrazine groups is 1. The predicted molar refractivity (Wildman–Crippen MR) is 188 cm³/mol. The highest BCUT2D eigenvalue weighted by Crippen LogP contribution is 2.57. The fourth-order valence-corrected chi connectivity index (χ4v) is 6.68. The van der Waals surface area contributed by atoms with Gasteiger partial charge in [0.1, 0.15) is 6.07 Å². The molecule has 9 nitrogen and oxygen atoms in total. The minimum Gasteiger partial charge on any atom is -0.384 e. The fraction of sp³-hybridized carbons (Fsp3) is 0.364. The molecule has 1 atom stereocenters. The van der Waals surface area contributed by atoms with E-state index in [9.17, 15) is 10.1 Å². The molecule has 3 fully saturated rings. The van der Waals surface area contributed by atoms with Crippen molar-refractivity contribution in [1.29, 1.82) is 5.26 Å². The monoisotopic (exact) mass is 626 g/mol. The molecule has 3 aliphatic carbocycles. The minimum atomic E-state index is -1.87. The largest absolute Gasteiger partial charge is 0.384 e. The van der Waals surface area contributed by atoms with E-state index in [4.69, 9.17) is 41.0 Å². The van der Waals surface area contributed by atoms with Crippen molar-refractivity contribution in [3.8, 4) is 6.07 Å². The maximum atomic E-state index is 13.5. The summed E-state index contributed by atoms with van der Waals surface area (Å²) in [7, 11) is 17.6. The second-order valence-electron chi connectivity index (χ2n) is 13.8. The summed E-state index contributed by atoms with van der Waals surface area (Å²) in [6.45, 7) is 6.96. The lowest BCUT2D eigenvalue weighted by Gasteiger charge is -2.62. The third-order valence-corrected chi connectivity index (χ3v) is 9.20. The molecule has 3 aliphatic rings. The van der Waals surface area contributed by atoms with Crippen molar-refractivity contribution in [3.05, 3.63) is 87.2 Å². The standard InChI is InChI=1S/C33H34B3ClN8O/c1-31(2,3)17-41-27-19(14-38)15-40-28-24(27)9-20(10-25(28)37)43-29(26(44-39)16-42-32-11-18(12-32)13-32)22-5-4-6-23-21(22)7-8-45(30(23)46)33(34,35)36/h4-10,15-16,18,29,42-44H,11-13,17,39H2,1-3H3,(H,40,41)/b26-16-/t18?,29-,32?/m0/s1. The average molecular weight is 627 g/mol. The minimum absolute atomic E-state index is 0.0444. The number of hydrogen-bond donors (Lipinski definition) is 5. The first-order chi connectivity index (χ1) is 21.7. The summed E-state index contributed by atoms with van der Waals surface area (Å²) in [5.41, 5.74) is 6.19. The molecule has 0 aliphatic heterocycles. The molecule has 7 rings (SSSR count). The molecule has 2 aromatic heterocycles. The molecule has 0 amide bonds. The van der Waals surface area contributed by atoms with Gasteiger partial charge in [-0.3, -0.25) is 15.6 Å². The van der Waals surface area contributed by atoms with Crippen molar-refractivity contribution < 1.29 is 0 Å². The number of nitrogens with one attached hydrogen (secondary N) is 4. The van der Waals surface area contributed by atoms with Crippen LogP contribution in [0.2, 0.25) is 5.02 Å². The summed E-state index contributed by atoms with van der Waals surface area (Å²) in [5.74, 6) is 6.98. The molecule has 0 unspecified atom stereocenters. The summed E-state index contributed by atoms with van der Waals surface area (Å²) < 4.78 is 1.10. The molecule has 0 spiro atoms. The second-order valence-corrected chi connectivity index (χ2v) is 14.2. The van der Waals surface area contributed by atoms with Crippen molar-refractivity contribution in [2.75, 3.05) is 17.2 Å². The summed E-state index contributed by atoms with van der Waals surface area (Å²) in [5, 5.41) is 20.8. The van der Waals surface area contributed by atoms with Gasteiger partial charge >= 0.3 is 0 Å². The van der Waals surface area contributed by atoms with Gasteiger partial charge in [-0.1, -0.05) is 49.7 Å². The SMILES string of the molecule is [B]C([B])([B])n1ccc2c([C@H](Nc3cc(Cl)c4ncc(C#N)c(NCC(C)(C)C)c4c3)/C(=C/NC34CC(C3)C4)NN)cccc2c1=O. The molecule has 4 aromatic rings. The van der Waals surface area contributed by atoms with Gasteiger partial charge in [0, 0.05) is 47.1 Å². The number of hydrogen-bond acceptors (Lipinski definition) is 8. The number of nitrogens with zero attached hydrogens (tertiary/aromatic N) is 3. The summed E-state index contributed by atoms with van der Waals surface area (Å²) in [6.07, 6.45) is 8.32. The zero-order valence-corrected chi connectivity index (χ0v) is 26.9. The van der Waals surface area contributed by atoms with Crippen molar-refractivity contribution in [2.24, 2.45) is 17.2 Å². The van der Waals surface area contributed by atoms with Crippen molar-refractivity contribution in [1.82, 2.24) is 20.3 Å². The first-order valence-corrected chi connectivity index (χ1v) is 15.6. The number of aromatic nitrogens is 2. The van der Waals surface area contributed by atoms with Crippen LogP contribution in [0.1, 0.15) is 57.2 Å². The molecule has 6 radical (unpaired) electrons. The van der Waals surface area contributed by atoms with Gasteiger partial charge in [-0.2, -0.15) is 5.26 Å². The van der Waals surface area contributed by atoms with E-state index in [0.29, 0.717) is 55.9 Å². The van der Waals surface area contributed by atoms with E-state index in [0.717, 1.165) is 35.3 Å². The average Bonchev–Trinajstić information content (AvgIpc) is 2.94. The van der Waals surface area contributed by atoms with Gasteiger partial charge < -0.3 is 25.9 Å². The molecule has 6 N–H and O–H groups in total. The van der Waals surface area contributed by atoms with Crippen LogP contribution in [0.15, 0.2) is 65.5 Å². The van der Waals surface area contributed by atoms with Crippen molar-refractivity contribution in [3.63, 3.8) is 0 Å². The zero-order chi connectivity index (χ0) is 33.0. The van der Waals surface area contributed by atoms with E-state index in [1.807, 2.05) is 18.3 Å². The molecule has 2 heterocycles. The Morgan fingerprint density at radius 2 is 1.93 bits per heavy atom. The normalized spacial score (nSPS) is 19.9. The van der Waals surface area contributed by atoms with E-state index in [1.54, 1.807) is 24.3 Å². The fourth-order valence-electron chi connectivity index (χ4n) is 6.41. The Morgan fingerprint density at radius 3 is 2.54 bits per heavy atom. The van der Waals surface area contributed by atoms with Crippen LogP contribution in [0.25, 0.3) is 21.7 Å². The lowest BCUT2D eigenvalue weighted by atomic mass is 9.49. The molecule has 2 bridgehead atoms. The van der Waals surface area contributed by atoms with Crippen LogP contribution in [0.5, 0.6) is 0 Å². The Morgan fingerprint density at radius 1 is 1.20 bits per heavy atom. The zero-order valence-electron chi connectivity index (χ0n) is 26.1. The van der Waals surface area contributed by atoms with Crippen molar-refractivity contribution >= 4 is 68.2 Å². The predicted octanol–water partition coefficient (Wildman–Crippen LogP) is 4.21. The Hall–Kier alpha value is -4.07. The first kappa shape index (κ1) is 31.9. The van der Waals surface area contributed by atoms with Gasteiger partial charge in [0.15, 0.2) is 0 Å². The van der Waals surface area contributed by atoms with E-state index >= 15 is 0 Å². The van der Waals surface area contributed by atoms with E-state index in [-0.39, 0.29) is 11.0 Å². The van der Waals surface area contributed by atoms with Crippen molar-refractivity contribution in [2.45, 2.75) is 56.9 Å². The van der Waals surface area contributed by atoms with Gasteiger partial charge in [-0.15, -0.1) is 0 Å². The number of rotatable bonds is 10. The van der Waals surface area contributed by atoms with Crippen LogP contribution in [0.3, 0.4) is 0 Å². The molecule has 228 valence electrons. The number of halogens is 1. The van der Waals surface area contributed by atoms with E-state index < -0.39 is 16.8 Å². The number of fused-ring (bicyclic) bond motifs is 2. The van der Waals surface area contributed by atoms with Gasteiger partial charge in [-0.25, -0.2) is 0 Å².